The second kappa shape index (κ2) is 9.02. The van der Waals surface area contributed by atoms with Gasteiger partial charge in [-0.3, -0.25) is 9.69 Å². The second-order valence-electron chi connectivity index (χ2n) is 5.31. The molecule has 128 valence electrons. The lowest BCUT2D eigenvalue weighted by Gasteiger charge is -2.26. The van der Waals surface area contributed by atoms with E-state index in [0.717, 1.165) is 19.6 Å². The van der Waals surface area contributed by atoms with E-state index < -0.39 is 0 Å². The largest absolute Gasteiger partial charge is 0.302 e. The number of amides is 1. The second-order valence-corrected chi connectivity index (χ2v) is 6.13. The highest BCUT2D eigenvalue weighted by molar-refractivity contribution is 6.30. The predicted molar refractivity (Wildman–Crippen MR) is 100 cm³/mol. The van der Waals surface area contributed by atoms with Crippen LogP contribution < -0.4 is 4.90 Å². The Hall–Kier alpha value is -1.62. The van der Waals surface area contributed by atoms with E-state index in [1.807, 2.05) is 0 Å². The Bertz CT molecular complexity index is 672. The fourth-order valence-electron chi connectivity index (χ4n) is 2.40. The summed E-state index contributed by atoms with van der Waals surface area (Å²) in [5, 5.41) is 0.964. The molecule has 6 heteroatoms. The lowest BCUT2D eigenvalue weighted by Crippen LogP contribution is -2.39. The Morgan fingerprint density at radius 1 is 1.00 bits per heavy atom. The highest BCUT2D eigenvalue weighted by atomic mass is 35.5. The van der Waals surface area contributed by atoms with Crippen molar-refractivity contribution in [3.8, 4) is 0 Å². The van der Waals surface area contributed by atoms with Gasteiger partial charge in [-0.25, -0.2) is 4.98 Å². The standard InChI is InChI=1S/C18H21Cl2N3O/c1-3-22(4-2)12-13-23(17-7-5-6-16(20)21-17)18(24)14-8-10-15(19)11-9-14/h5-11H,3-4,12-13H2,1-2H3. The van der Waals surface area contributed by atoms with Gasteiger partial charge in [0.25, 0.3) is 5.91 Å². The Kier molecular flexibility index (Phi) is 7.03. The van der Waals surface area contributed by atoms with Gasteiger partial charge in [0, 0.05) is 23.7 Å². The van der Waals surface area contributed by atoms with Gasteiger partial charge < -0.3 is 4.90 Å². The number of carbonyl (C=O) groups is 1. The summed E-state index contributed by atoms with van der Waals surface area (Å²) in [4.78, 5) is 21.1. The minimum absolute atomic E-state index is 0.117. The maximum Gasteiger partial charge on any atom is 0.259 e. The fourth-order valence-corrected chi connectivity index (χ4v) is 2.68. The van der Waals surface area contributed by atoms with Crippen LogP contribution in [0.5, 0.6) is 0 Å². The molecule has 1 aromatic carbocycles. The molecule has 0 saturated heterocycles. The third-order valence-electron chi connectivity index (χ3n) is 3.85. The molecule has 4 nitrogen and oxygen atoms in total. The van der Waals surface area contributed by atoms with Crippen LogP contribution in [0.1, 0.15) is 24.2 Å². The molecule has 0 spiro atoms. The number of hydrogen-bond acceptors (Lipinski definition) is 3. The molecular weight excluding hydrogens is 345 g/mol. The van der Waals surface area contributed by atoms with Gasteiger partial charge in [0.05, 0.1) is 0 Å². The van der Waals surface area contributed by atoms with E-state index in [-0.39, 0.29) is 5.91 Å². The maximum atomic E-state index is 12.9. The first-order chi connectivity index (χ1) is 11.5. The quantitative estimate of drug-likeness (QED) is 0.683. The summed E-state index contributed by atoms with van der Waals surface area (Å²) < 4.78 is 0. The Labute approximate surface area is 153 Å². The number of anilines is 1. The highest BCUT2D eigenvalue weighted by Crippen LogP contribution is 2.18. The van der Waals surface area contributed by atoms with Gasteiger partial charge in [-0.1, -0.05) is 43.1 Å². The van der Waals surface area contributed by atoms with E-state index >= 15 is 0 Å². The monoisotopic (exact) mass is 365 g/mol. The summed E-state index contributed by atoms with van der Waals surface area (Å²) >= 11 is 11.9. The smallest absolute Gasteiger partial charge is 0.259 e. The molecule has 1 aromatic heterocycles. The van der Waals surface area contributed by atoms with Crippen LogP contribution >= 0.6 is 23.2 Å². The number of aromatic nitrogens is 1. The highest BCUT2D eigenvalue weighted by Gasteiger charge is 2.19. The van der Waals surface area contributed by atoms with Crippen molar-refractivity contribution in [2.75, 3.05) is 31.1 Å². The van der Waals surface area contributed by atoms with Crippen molar-refractivity contribution in [3.63, 3.8) is 0 Å². The van der Waals surface area contributed by atoms with Gasteiger partial charge in [-0.2, -0.15) is 0 Å². The summed E-state index contributed by atoms with van der Waals surface area (Å²) in [5.41, 5.74) is 0.570. The SMILES string of the molecule is CCN(CC)CCN(C(=O)c1ccc(Cl)cc1)c1cccc(Cl)n1. The molecule has 0 radical (unpaired) electrons. The van der Waals surface area contributed by atoms with Crippen LogP contribution in [0.2, 0.25) is 10.2 Å². The average Bonchev–Trinajstić information content (AvgIpc) is 2.59. The van der Waals surface area contributed by atoms with E-state index in [1.54, 1.807) is 47.4 Å². The van der Waals surface area contributed by atoms with E-state index in [9.17, 15) is 4.79 Å². The van der Waals surface area contributed by atoms with Gasteiger partial charge in [0.1, 0.15) is 11.0 Å². The van der Waals surface area contributed by atoms with E-state index in [2.05, 4.69) is 23.7 Å². The van der Waals surface area contributed by atoms with Crippen molar-refractivity contribution in [2.24, 2.45) is 0 Å². The van der Waals surface area contributed by atoms with Crippen molar-refractivity contribution in [1.82, 2.24) is 9.88 Å². The number of carbonyl (C=O) groups excluding carboxylic acids is 1. The first-order valence-corrected chi connectivity index (χ1v) is 8.73. The molecule has 1 amide bonds. The Morgan fingerprint density at radius 3 is 2.25 bits per heavy atom. The molecule has 2 rings (SSSR count). The van der Waals surface area contributed by atoms with Crippen molar-refractivity contribution >= 4 is 34.9 Å². The topological polar surface area (TPSA) is 36.4 Å². The third-order valence-corrected chi connectivity index (χ3v) is 4.31. The van der Waals surface area contributed by atoms with Crippen LogP contribution in [0.3, 0.4) is 0 Å². The van der Waals surface area contributed by atoms with Gasteiger partial charge in [-0.15, -0.1) is 0 Å². The van der Waals surface area contributed by atoms with Crippen LogP contribution in [0.25, 0.3) is 0 Å². The van der Waals surface area contributed by atoms with Crippen molar-refractivity contribution < 1.29 is 4.79 Å². The van der Waals surface area contributed by atoms with Crippen LogP contribution in [0.4, 0.5) is 5.82 Å². The molecule has 0 saturated carbocycles. The first kappa shape index (κ1) is 18.7. The molecule has 0 aliphatic rings. The van der Waals surface area contributed by atoms with Gasteiger partial charge in [0.15, 0.2) is 0 Å². The minimum atomic E-state index is -0.117. The molecule has 0 atom stereocenters. The van der Waals surface area contributed by atoms with Crippen LogP contribution in [-0.4, -0.2) is 42.0 Å². The van der Waals surface area contributed by atoms with Crippen molar-refractivity contribution in [1.29, 1.82) is 0 Å². The van der Waals surface area contributed by atoms with Crippen molar-refractivity contribution in [2.45, 2.75) is 13.8 Å². The Morgan fingerprint density at radius 2 is 1.67 bits per heavy atom. The van der Waals surface area contributed by atoms with Crippen LogP contribution in [-0.2, 0) is 0 Å². The number of hydrogen-bond donors (Lipinski definition) is 0. The lowest BCUT2D eigenvalue weighted by molar-refractivity contribution is 0.0983. The van der Waals surface area contributed by atoms with Gasteiger partial charge in [0.2, 0.25) is 0 Å². The van der Waals surface area contributed by atoms with E-state index in [4.69, 9.17) is 23.2 Å². The van der Waals surface area contributed by atoms with Gasteiger partial charge >= 0.3 is 0 Å². The van der Waals surface area contributed by atoms with E-state index in [0.29, 0.717) is 28.1 Å². The predicted octanol–water partition coefficient (Wildman–Crippen LogP) is 4.38. The van der Waals surface area contributed by atoms with Crippen LogP contribution in [0, 0.1) is 0 Å². The lowest BCUT2D eigenvalue weighted by atomic mass is 10.2. The summed E-state index contributed by atoms with van der Waals surface area (Å²) in [6.07, 6.45) is 0. The molecule has 0 unspecified atom stereocenters. The van der Waals surface area contributed by atoms with E-state index in [1.165, 1.54) is 0 Å². The summed E-state index contributed by atoms with van der Waals surface area (Å²) in [7, 11) is 0. The first-order valence-electron chi connectivity index (χ1n) is 7.97. The summed E-state index contributed by atoms with van der Waals surface area (Å²) in [6.45, 7) is 7.38. The maximum absolute atomic E-state index is 12.9. The molecule has 24 heavy (non-hydrogen) atoms. The normalized spacial score (nSPS) is 10.9. The number of benzene rings is 1. The molecule has 2 aromatic rings. The average molecular weight is 366 g/mol. The summed E-state index contributed by atoms with van der Waals surface area (Å²) in [5.74, 6) is 0.434. The van der Waals surface area contributed by atoms with Crippen LogP contribution in [0.15, 0.2) is 42.5 Å². The number of rotatable bonds is 7. The zero-order valence-electron chi connectivity index (χ0n) is 13.9. The number of halogens is 2. The molecule has 1 heterocycles. The zero-order chi connectivity index (χ0) is 17.5. The minimum Gasteiger partial charge on any atom is -0.302 e. The Balaban J connectivity index is 2.27. The number of likely N-dealkylation sites (N-methyl/N-ethyl adjacent to an activating group) is 1. The van der Waals surface area contributed by atoms with Crippen molar-refractivity contribution in [3.05, 3.63) is 58.2 Å². The third kappa shape index (κ3) is 4.94. The zero-order valence-corrected chi connectivity index (χ0v) is 15.4. The molecule has 0 aliphatic heterocycles. The van der Waals surface area contributed by atoms with Gasteiger partial charge in [-0.05, 0) is 49.5 Å². The number of nitrogens with zero attached hydrogens (tertiary/aromatic N) is 3. The summed E-state index contributed by atoms with van der Waals surface area (Å²) in [6, 6.07) is 12.2. The fraction of sp³-hybridized carbons (Fsp3) is 0.333. The molecule has 0 N–H and O–H groups in total. The molecule has 0 fully saturated rings. The molecular formula is C18H21Cl2N3O. The molecule has 0 bridgehead atoms. The number of pyridine rings is 1. The molecule has 0 aliphatic carbocycles.